The molecule has 0 saturated carbocycles. The second-order valence-electron chi connectivity index (χ2n) is 9.33. The number of hydrogen-bond donors (Lipinski definition) is 1. The van der Waals surface area contributed by atoms with E-state index in [9.17, 15) is 30.4 Å². The van der Waals surface area contributed by atoms with Crippen molar-refractivity contribution >= 4 is 26.0 Å². The van der Waals surface area contributed by atoms with E-state index in [-0.39, 0.29) is 24.4 Å². The summed E-state index contributed by atoms with van der Waals surface area (Å²) >= 11 is 0. The molecule has 0 bridgehead atoms. The molecule has 2 saturated heterocycles. The first kappa shape index (κ1) is 27.4. The molecule has 8 nitrogen and oxygen atoms in total. The Kier molecular flexibility index (Phi) is 7.84. The van der Waals surface area contributed by atoms with Crippen LogP contribution < -0.4 is 4.72 Å². The van der Waals surface area contributed by atoms with Crippen LogP contribution in [0.4, 0.5) is 8.78 Å². The molecule has 2 heterocycles. The van der Waals surface area contributed by atoms with Crippen molar-refractivity contribution in [2.75, 3.05) is 26.2 Å². The lowest BCUT2D eigenvalue weighted by Gasteiger charge is -2.40. The molecule has 0 radical (unpaired) electrons. The zero-order chi connectivity index (χ0) is 26.8. The van der Waals surface area contributed by atoms with Crippen molar-refractivity contribution in [1.82, 2.24) is 13.9 Å². The number of benzene rings is 2. The smallest absolute Gasteiger partial charge is 0.282 e. The standard InChI is InChI=1S/C25H29F2N3O5S2/c1-2-36(32,33)28-16-21-9-6-14-30(21)37(34,35)22-12-10-20(11-13-22)23(15-19-7-4-3-5-8-19)24(31)29-17-25(26,27)18-29/h2-5,7-8,10-13,21,23,28H,1,6,9,14-18H2. The Morgan fingerprint density at radius 3 is 2.32 bits per heavy atom. The van der Waals surface area contributed by atoms with Gasteiger partial charge in [0.15, 0.2) is 0 Å². The highest BCUT2D eigenvalue weighted by molar-refractivity contribution is 7.92. The van der Waals surface area contributed by atoms with Crippen molar-refractivity contribution in [1.29, 1.82) is 0 Å². The number of nitrogens with one attached hydrogen (secondary N) is 1. The minimum Gasteiger partial charge on any atom is -0.330 e. The van der Waals surface area contributed by atoms with Crippen molar-refractivity contribution in [3.8, 4) is 0 Å². The molecule has 2 aromatic carbocycles. The van der Waals surface area contributed by atoms with Crippen LogP contribution >= 0.6 is 0 Å². The Morgan fingerprint density at radius 2 is 1.73 bits per heavy atom. The van der Waals surface area contributed by atoms with Crippen LogP contribution in [-0.4, -0.2) is 70.1 Å². The first-order valence-electron chi connectivity index (χ1n) is 11.9. The molecule has 12 heteroatoms. The number of carbonyl (C=O) groups excluding carboxylic acids is 1. The molecular formula is C25H29F2N3O5S2. The summed E-state index contributed by atoms with van der Waals surface area (Å²) in [6, 6.07) is 14.5. The van der Waals surface area contributed by atoms with Gasteiger partial charge in [0.2, 0.25) is 26.0 Å². The number of likely N-dealkylation sites (tertiary alicyclic amines) is 1. The lowest BCUT2D eigenvalue weighted by atomic mass is 9.89. The molecule has 4 rings (SSSR count). The van der Waals surface area contributed by atoms with E-state index < -0.39 is 56.9 Å². The Labute approximate surface area is 216 Å². The lowest BCUT2D eigenvalue weighted by molar-refractivity contribution is -0.167. The zero-order valence-electron chi connectivity index (χ0n) is 20.1. The molecule has 1 N–H and O–H groups in total. The first-order valence-corrected chi connectivity index (χ1v) is 14.8. The second kappa shape index (κ2) is 10.6. The molecule has 2 atom stereocenters. The van der Waals surface area contributed by atoms with Crippen LogP contribution in [0.2, 0.25) is 0 Å². The summed E-state index contributed by atoms with van der Waals surface area (Å²) in [6.07, 6.45) is 1.38. The van der Waals surface area contributed by atoms with Gasteiger partial charge in [-0.25, -0.2) is 30.3 Å². The van der Waals surface area contributed by atoms with E-state index in [1.54, 1.807) is 12.1 Å². The number of hydrogen-bond acceptors (Lipinski definition) is 5. The maximum Gasteiger partial charge on any atom is 0.282 e. The van der Waals surface area contributed by atoms with Crippen LogP contribution in [0.5, 0.6) is 0 Å². The van der Waals surface area contributed by atoms with Crippen LogP contribution in [-0.2, 0) is 31.3 Å². The van der Waals surface area contributed by atoms with E-state index in [1.165, 1.54) is 16.4 Å². The number of sulfonamides is 2. The van der Waals surface area contributed by atoms with E-state index in [2.05, 4.69) is 11.3 Å². The van der Waals surface area contributed by atoms with Gasteiger partial charge in [0.1, 0.15) is 0 Å². The minimum atomic E-state index is -3.93. The average Bonchev–Trinajstić information content (AvgIpc) is 3.35. The molecule has 0 spiro atoms. The van der Waals surface area contributed by atoms with Crippen molar-refractivity contribution < 1.29 is 30.4 Å². The second-order valence-corrected chi connectivity index (χ2v) is 12.9. The Bertz CT molecular complexity index is 1340. The highest BCUT2D eigenvalue weighted by Crippen LogP contribution is 2.33. The highest BCUT2D eigenvalue weighted by Gasteiger charge is 2.47. The van der Waals surface area contributed by atoms with Crippen molar-refractivity contribution in [2.24, 2.45) is 0 Å². The number of halogens is 2. The van der Waals surface area contributed by atoms with Crippen molar-refractivity contribution in [3.63, 3.8) is 0 Å². The molecule has 2 fully saturated rings. The van der Waals surface area contributed by atoms with Gasteiger partial charge in [0.25, 0.3) is 5.92 Å². The monoisotopic (exact) mass is 553 g/mol. The quantitative estimate of drug-likeness (QED) is 0.487. The van der Waals surface area contributed by atoms with Crippen LogP contribution in [0, 0.1) is 0 Å². The first-order chi connectivity index (χ1) is 17.4. The SMILES string of the molecule is C=CS(=O)(=O)NCC1CCCN1S(=O)(=O)c1ccc(C(Cc2ccccc2)C(=O)N2CC(F)(F)C2)cc1. The molecule has 0 aromatic heterocycles. The molecular weight excluding hydrogens is 524 g/mol. The van der Waals surface area contributed by atoms with Crippen LogP contribution in [0.25, 0.3) is 0 Å². The number of amides is 1. The third-order valence-corrected chi connectivity index (χ3v) is 9.66. The zero-order valence-corrected chi connectivity index (χ0v) is 21.7. The van der Waals surface area contributed by atoms with E-state index in [0.29, 0.717) is 18.4 Å². The third-order valence-electron chi connectivity index (χ3n) is 6.69. The fraction of sp³-hybridized carbons (Fsp3) is 0.400. The van der Waals surface area contributed by atoms with Gasteiger partial charge in [0.05, 0.1) is 23.9 Å². The maximum absolute atomic E-state index is 13.4. The van der Waals surface area contributed by atoms with Gasteiger partial charge in [-0.3, -0.25) is 4.79 Å². The predicted octanol–water partition coefficient (Wildman–Crippen LogP) is 2.71. The molecule has 2 aliphatic rings. The summed E-state index contributed by atoms with van der Waals surface area (Å²) in [7, 11) is -7.62. The van der Waals surface area contributed by atoms with Crippen LogP contribution in [0.1, 0.15) is 29.9 Å². The van der Waals surface area contributed by atoms with Gasteiger partial charge in [-0.05, 0) is 42.5 Å². The number of nitrogens with zero attached hydrogens (tertiary/aromatic N) is 2. The Morgan fingerprint density at radius 1 is 1.08 bits per heavy atom. The van der Waals surface area contributed by atoms with Crippen molar-refractivity contribution in [2.45, 2.75) is 42.0 Å². The molecule has 200 valence electrons. The fourth-order valence-electron chi connectivity index (χ4n) is 4.69. The summed E-state index contributed by atoms with van der Waals surface area (Å²) in [5.74, 6) is -4.07. The summed E-state index contributed by atoms with van der Waals surface area (Å²) < 4.78 is 80.6. The average molecular weight is 554 g/mol. The van der Waals surface area contributed by atoms with E-state index in [1.807, 2.05) is 30.3 Å². The molecule has 2 unspecified atom stereocenters. The molecule has 2 aliphatic heterocycles. The minimum absolute atomic E-state index is 0.0103. The number of carbonyl (C=O) groups is 1. The molecule has 37 heavy (non-hydrogen) atoms. The number of alkyl halides is 2. The Balaban J connectivity index is 1.55. The van der Waals surface area contributed by atoms with Gasteiger partial charge in [-0.15, -0.1) is 0 Å². The van der Waals surface area contributed by atoms with Gasteiger partial charge in [-0.1, -0.05) is 49.0 Å². The fourth-order valence-corrected chi connectivity index (χ4v) is 6.93. The third kappa shape index (κ3) is 6.25. The van der Waals surface area contributed by atoms with E-state index >= 15 is 0 Å². The molecule has 1 amide bonds. The van der Waals surface area contributed by atoms with Gasteiger partial charge < -0.3 is 4.90 Å². The van der Waals surface area contributed by atoms with E-state index in [0.717, 1.165) is 15.9 Å². The molecule has 0 aliphatic carbocycles. The largest absolute Gasteiger partial charge is 0.330 e. The predicted molar refractivity (Wildman–Crippen MR) is 135 cm³/mol. The lowest BCUT2D eigenvalue weighted by Crippen LogP contribution is -2.59. The topological polar surface area (TPSA) is 104 Å². The van der Waals surface area contributed by atoms with Crippen LogP contribution in [0.15, 0.2) is 71.5 Å². The van der Waals surface area contributed by atoms with Gasteiger partial charge in [-0.2, -0.15) is 4.31 Å². The van der Waals surface area contributed by atoms with Gasteiger partial charge >= 0.3 is 0 Å². The van der Waals surface area contributed by atoms with Gasteiger partial charge in [0, 0.05) is 24.5 Å². The van der Waals surface area contributed by atoms with Crippen molar-refractivity contribution in [3.05, 3.63) is 77.7 Å². The molecule has 2 aromatic rings. The Hall–Kier alpha value is -2.67. The highest BCUT2D eigenvalue weighted by atomic mass is 32.2. The summed E-state index contributed by atoms with van der Waals surface area (Å²) in [4.78, 5) is 14.3. The summed E-state index contributed by atoms with van der Waals surface area (Å²) in [5, 5.41) is 0.772. The summed E-state index contributed by atoms with van der Waals surface area (Å²) in [5.41, 5.74) is 1.38. The van der Waals surface area contributed by atoms with Crippen LogP contribution in [0.3, 0.4) is 0 Å². The number of rotatable bonds is 10. The summed E-state index contributed by atoms with van der Waals surface area (Å²) in [6.45, 7) is 2.16. The normalized spacial score (nSPS) is 20.8. The maximum atomic E-state index is 13.4. The van der Waals surface area contributed by atoms with E-state index in [4.69, 9.17) is 0 Å².